The number of hydrogen-bond donors (Lipinski definition) is 2. The predicted molar refractivity (Wildman–Crippen MR) is 50.8 cm³/mol. The number of nitrogens with two attached hydrogens (primary N) is 1. The molecule has 58 valence electrons. The lowest BCUT2D eigenvalue weighted by molar-refractivity contribution is 1.46. The summed E-state index contributed by atoms with van der Waals surface area (Å²) in [6, 6.07) is 8.16. The van der Waals surface area contributed by atoms with Gasteiger partial charge in [0.25, 0.3) is 0 Å². The number of anilines is 1. The van der Waals surface area contributed by atoms with Crippen LogP contribution in [0.15, 0.2) is 29.2 Å². The van der Waals surface area contributed by atoms with E-state index in [4.69, 9.17) is 5.14 Å². The molecule has 0 saturated carbocycles. The summed E-state index contributed by atoms with van der Waals surface area (Å²) in [6.45, 7) is 2.03. The average molecular weight is 166 g/mol. The Labute approximate surface area is 68.5 Å². The Balaban J connectivity index is 2.60. The molecule has 11 heavy (non-hydrogen) atoms. The molecule has 1 unspecified atom stereocenters. The van der Waals surface area contributed by atoms with Crippen molar-refractivity contribution in [3.05, 3.63) is 24.3 Å². The quantitative estimate of drug-likeness (QED) is 0.576. The molecular weight excluding hydrogens is 156 g/mol. The van der Waals surface area contributed by atoms with Gasteiger partial charge in [0.1, 0.15) is 0 Å². The molecule has 1 aromatic carbocycles. The third-order valence-electron chi connectivity index (χ3n) is 1.76. The van der Waals surface area contributed by atoms with Crippen LogP contribution in [0.3, 0.4) is 0 Å². The van der Waals surface area contributed by atoms with Crippen molar-refractivity contribution in [2.45, 2.75) is 11.8 Å². The summed E-state index contributed by atoms with van der Waals surface area (Å²) in [4.78, 5) is 2.39. The van der Waals surface area contributed by atoms with Crippen LogP contribution in [0, 0.1) is 0 Å². The first-order valence-electron chi connectivity index (χ1n) is 3.47. The Morgan fingerprint density at radius 3 is 2.82 bits per heavy atom. The molecule has 1 atom stereocenters. The van der Waals surface area contributed by atoms with Crippen molar-refractivity contribution < 1.29 is 0 Å². The summed E-state index contributed by atoms with van der Waals surface area (Å²) >= 11 is 0. The molecule has 0 aliphatic carbocycles. The number of benzene rings is 1. The highest BCUT2D eigenvalue weighted by atomic mass is 32.2. The Hall–Kier alpha value is -0.800. The number of hydrogen-bond acceptors (Lipinski definition) is 2. The number of nitrogens with one attached hydrogen (secondary N) is 1. The molecule has 0 spiro atoms. The van der Waals surface area contributed by atoms with E-state index in [0.29, 0.717) is 0 Å². The summed E-state index contributed by atoms with van der Waals surface area (Å²) in [5.74, 6) is 0. The lowest BCUT2D eigenvalue weighted by Crippen LogP contribution is -2.02. The number of fused-ring (bicyclic) bond motifs is 1. The molecule has 1 aromatic rings. The van der Waals surface area contributed by atoms with E-state index in [1.165, 1.54) is 4.90 Å². The van der Waals surface area contributed by atoms with Crippen LogP contribution in [-0.4, -0.2) is 4.99 Å². The Kier molecular flexibility index (Phi) is 1.47. The van der Waals surface area contributed by atoms with Gasteiger partial charge in [0.2, 0.25) is 0 Å². The zero-order chi connectivity index (χ0) is 7.84. The van der Waals surface area contributed by atoms with E-state index in [1.54, 1.807) is 0 Å². The molecule has 0 bridgehead atoms. The molecule has 0 fully saturated rings. The highest BCUT2D eigenvalue weighted by Gasteiger charge is 2.12. The van der Waals surface area contributed by atoms with Gasteiger partial charge in [-0.3, -0.25) is 5.14 Å². The Bertz CT molecular complexity index is 331. The summed E-state index contributed by atoms with van der Waals surface area (Å²) < 4.78 is 0. The van der Waals surface area contributed by atoms with E-state index in [2.05, 4.69) is 17.4 Å². The minimum atomic E-state index is -0.187. The van der Waals surface area contributed by atoms with Gasteiger partial charge in [-0.05, 0) is 19.1 Å². The smallest absolute Gasteiger partial charge is 0.0546 e. The van der Waals surface area contributed by atoms with Gasteiger partial charge in [0, 0.05) is 4.90 Å². The van der Waals surface area contributed by atoms with Crippen LogP contribution in [0.4, 0.5) is 5.69 Å². The minimum absolute atomic E-state index is 0.187. The fraction of sp³-hybridized carbons (Fsp3) is 0.125. The van der Waals surface area contributed by atoms with Crippen LogP contribution in [0.5, 0.6) is 0 Å². The van der Waals surface area contributed by atoms with Crippen molar-refractivity contribution in [1.29, 1.82) is 0 Å². The maximum absolute atomic E-state index is 5.92. The molecule has 2 rings (SSSR count). The van der Waals surface area contributed by atoms with Crippen LogP contribution >= 0.6 is 10.7 Å². The van der Waals surface area contributed by atoms with Crippen LogP contribution in [0.1, 0.15) is 6.92 Å². The first kappa shape index (κ1) is 6.88. The van der Waals surface area contributed by atoms with Gasteiger partial charge in [-0.25, -0.2) is 0 Å². The molecule has 0 amide bonds. The normalized spacial score (nSPS) is 21.3. The van der Waals surface area contributed by atoms with Crippen molar-refractivity contribution in [2.75, 3.05) is 5.32 Å². The van der Waals surface area contributed by atoms with E-state index >= 15 is 0 Å². The van der Waals surface area contributed by atoms with E-state index in [1.807, 2.05) is 19.1 Å². The number of para-hydroxylation sites is 1. The third-order valence-corrected chi connectivity index (χ3v) is 3.36. The highest BCUT2D eigenvalue weighted by Crippen LogP contribution is 2.34. The van der Waals surface area contributed by atoms with Gasteiger partial charge in [-0.1, -0.05) is 22.8 Å². The van der Waals surface area contributed by atoms with Gasteiger partial charge in [0.05, 0.1) is 10.7 Å². The SMILES string of the molecule is CC1=S(N)c2ccccc2N1. The summed E-state index contributed by atoms with van der Waals surface area (Å²) in [7, 11) is -0.187. The molecule has 1 aliphatic rings. The first-order valence-corrected chi connectivity index (χ1v) is 4.76. The second-order valence-electron chi connectivity index (χ2n) is 2.52. The van der Waals surface area contributed by atoms with Gasteiger partial charge in [0.15, 0.2) is 0 Å². The van der Waals surface area contributed by atoms with E-state index in [9.17, 15) is 0 Å². The van der Waals surface area contributed by atoms with Crippen LogP contribution in [0.25, 0.3) is 0 Å². The standard InChI is InChI=1S/C8H10N2S/c1-6-10-7-4-2-3-5-8(7)11(6)9/h2-5,10H,9H2,1H3. The largest absolute Gasteiger partial charge is 0.352 e. The number of rotatable bonds is 0. The van der Waals surface area contributed by atoms with Crippen molar-refractivity contribution in [3.63, 3.8) is 0 Å². The van der Waals surface area contributed by atoms with Gasteiger partial charge >= 0.3 is 0 Å². The maximum Gasteiger partial charge on any atom is 0.0546 e. The molecular formula is C8H10N2S. The van der Waals surface area contributed by atoms with Crippen LogP contribution in [-0.2, 0) is 0 Å². The lowest BCUT2D eigenvalue weighted by atomic mass is 10.3. The molecule has 3 heteroatoms. The second-order valence-corrected chi connectivity index (χ2v) is 4.24. The molecule has 1 heterocycles. The minimum Gasteiger partial charge on any atom is -0.352 e. The topological polar surface area (TPSA) is 38.0 Å². The fourth-order valence-electron chi connectivity index (χ4n) is 1.17. The molecule has 0 saturated heterocycles. The van der Waals surface area contributed by atoms with Gasteiger partial charge in [-0.15, -0.1) is 0 Å². The maximum atomic E-state index is 5.92. The molecule has 2 nitrogen and oxygen atoms in total. The van der Waals surface area contributed by atoms with Crippen LogP contribution in [0.2, 0.25) is 0 Å². The highest BCUT2D eigenvalue weighted by molar-refractivity contribution is 8.14. The molecule has 1 aliphatic heterocycles. The van der Waals surface area contributed by atoms with Crippen molar-refractivity contribution in [2.24, 2.45) is 5.14 Å². The lowest BCUT2D eigenvalue weighted by Gasteiger charge is -1.97. The van der Waals surface area contributed by atoms with Gasteiger partial charge in [-0.2, -0.15) is 0 Å². The zero-order valence-electron chi connectivity index (χ0n) is 6.29. The zero-order valence-corrected chi connectivity index (χ0v) is 7.11. The monoisotopic (exact) mass is 166 g/mol. The summed E-state index contributed by atoms with van der Waals surface area (Å²) in [5, 5.41) is 9.17. The third kappa shape index (κ3) is 0.968. The van der Waals surface area contributed by atoms with Crippen LogP contribution < -0.4 is 10.5 Å². The predicted octanol–water partition coefficient (Wildman–Crippen LogP) is 1.76. The van der Waals surface area contributed by atoms with E-state index in [0.717, 1.165) is 10.7 Å². The molecule has 0 aromatic heterocycles. The van der Waals surface area contributed by atoms with Gasteiger partial charge < -0.3 is 5.32 Å². The Morgan fingerprint density at radius 1 is 1.36 bits per heavy atom. The summed E-state index contributed by atoms with van der Waals surface area (Å²) in [6.07, 6.45) is 0. The Morgan fingerprint density at radius 2 is 2.09 bits per heavy atom. The molecule has 0 radical (unpaired) electrons. The van der Waals surface area contributed by atoms with Crippen molar-refractivity contribution >= 4 is 21.3 Å². The second kappa shape index (κ2) is 2.36. The van der Waals surface area contributed by atoms with E-state index < -0.39 is 0 Å². The first-order chi connectivity index (χ1) is 5.29. The van der Waals surface area contributed by atoms with Crippen molar-refractivity contribution in [3.8, 4) is 0 Å². The van der Waals surface area contributed by atoms with E-state index in [-0.39, 0.29) is 10.7 Å². The van der Waals surface area contributed by atoms with Crippen molar-refractivity contribution in [1.82, 2.24) is 0 Å². The summed E-state index contributed by atoms with van der Waals surface area (Å²) in [5.41, 5.74) is 1.16. The average Bonchev–Trinajstić information content (AvgIpc) is 2.30. The molecule has 3 N–H and O–H groups in total. The fourth-order valence-corrected chi connectivity index (χ4v) is 2.30.